The molecule has 0 saturated heterocycles. The second-order valence-electron chi connectivity index (χ2n) is 28.0. The van der Waals surface area contributed by atoms with Crippen LogP contribution < -0.4 is 0 Å². The Morgan fingerprint density at radius 3 is 1.12 bits per heavy atom. The van der Waals surface area contributed by atoms with Crippen molar-refractivity contribution in [1.82, 2.24) is 39.0 Å². The first-order valence-electron chi connectivity index (χ1n) is 37.5. The van der Waals surface area contributed by atoms with E-state index in [2.05, 4.69) is 349 Å². The van der Waals surface area contributed by atoms with Gasteiger partial charge in [-0.1, -0.05) is 328 Å². The summed E-state index contributed by atoms with van der Waals surface area (Å²) in [6.45, 7) is 0. The second kappa shape index (κ2) is 28.0. The van der Waals surface area contributed by atoms with Gasteiger partial charge in [0.1, 0.15) is 0 Å². The molecule has 112 heavy (non-hydrogen) atoms. The molecule has 22 aromatic rings. The summed E-state index contributed by atoms with van der Waals surface area (Å²) in [4.78, 5) is 31.0. The van der Waals surface area contributed by atoms with Crippen molar-refractivity contribution >= 4 is 107 Å². The molecule has 6 heterocycles. The fraction of sp³-hybridized carbons (Fsp3) is 0. The number of benzene rings is 16. The Morgan fingerprint density at radius 2 is 0.527 bits per heavy atom. The Morgan fingerprint density at radius 1 is 0.179 bits per heavy atom. The van der Waals surface area contributed by atoms with Crippen LogP contribution in [-0.4, -0.2) is 39.0 Å². The zero-order chi connectivity index (χ0) is 74.0. The smallest absolute Gasteiger partial charge is 0.238 e. The van der Waals surface area contributed by atoms with Crippen LogP contribution >= 0.6 is 22.7 Å². The molecule has 0 amide bonds. The molecule has 16 aromatic carbocycles. The molecule has 8 nitrogen and oxygen atoms in total. The maximum atomic E-state index is 5.25. The third kappa shape index (κ3) is 11.9. The Balaban J connectivity index is 0.000000141. The fourth-order valence-electron chi connectivity index (χ4n) is 16.0. The van der Waals surface area contributed by atoms with Crippen molar-refractivity contribution in [3.63, 3.8) is 0 Å². The van der Waals surface area contributed by atoms with E-state index in [0.717, 1.165) is 88.6 Å². The van der Waals surface area contributed by atoms with E-state index in [-0.39, 0.29) is 0 Å². The molecule has 524 valence electrons. The molecule has 22 rings (SSSR count). The summed E-state index contributed by atoms with van der Waals surface area (Å²) in [5.41, 5.74) is 21.8. The summed E-state index contributed by atoms with van der Waals surface area (Å²) >= 11 is 3.72. The van der Waals surface area contributed by atoms with Gasteiger partial charge in [-0.15, -0.1) is 22.7 Å². The molecule has 0 fully saturated rings. The van der Waals surface area contributed by atoms with Gasteiger partial charge < -0.3 is 4.57 Å². The normalized spacial score (nSPS) is 11.6. The highest BCUT2D eigenvalue weighted by Gasteiger charge is 2.24. The molecule has 0 aliphatic rings. The zero-order valence-corrected chi connectivity index (χ0v) is 62.0. The predicted molar refractivity (Wildman–Crippen MR) is 468 cm³/mol. The quantitative estimate of drug-likeness (QED) is 0.121. The van der Waals surface area contributed by atoms with Gasteiger partial charge in [-0.05, 0) is 116 Å². The lowest BCUT2D eigenvalue weighted by molar-refractivity contribution is 0.953. The van der Waals surface area contributed by atoms with Crippen molar-refractivity contribution < 1.29 is 0 Å². The molecular weight excluding hydrogens is 1400 g/mol. The van der Waals surface area contributed by atoms with Gasteiger partial charge in [-0.3, -0.25) is 4.57 Å². The topological polar surface area (TPSA) is 87.2 Å². The number of nitrogens with zero attached hydrogens (tertiary/aromatic N) is 8. The monoisotopic (exact) mass is 1460 g/mol. The van der Waals surface area contributed by atoms with E-state index in [1.165, 1.54) is 84.5 Å². The molecule has 0 atom stereocenters. The largest absolute Gasteiger partial charge is 0.308 e. The first kappa shape index (κ1) is 65.8. The number of rotatable bonds is 12. The average molecular weight is 1470 g/mol. The average Bonchev–Trinajstić information content (AvgIpc) is 1.60. The van der Waals surface area contributed by atoms with Crippen LogP contribution in [0.1, 0.15) is 0 Å². The predicted octanol–water partition coefficient (Wildman–Crippen LogP) is 27.3. The Kier molecular flexibility index (Phi) is 16.4. The zero-order valence-electron chi connectivity index (χ0n) is 60.3. The summed E-state index contributed by atoms with van der Waals surface area (Å²) in [7, 11) is 0. The highest BCUT2D eigenvalue weighted by atomic mass is 32.1. The van der Waals surface area contributed by atoms with Gasteiger partial charge in [-0.25, -0.2) is 19.9 Å². The van der Waals surface area contributed by atoms with E-state index < -0.39 is 0 Å². The van der Waals surface area contributed by atoms with Crippen molar-refractivity contribution in [3.05, 3.63) is 388 Å². The molecule has 0 aliphatic carbocycles. The van der Waals surface area contributed by atoms with Gasteiger partial charge in [-0.2, -0.15) is 9.97 Å². The summed E-state index contributed by atoms with van der Waals surface area (Å²) in [5.74, 6) is 3.71. The number of hydrogen-bond acceptors (Lipinski definition) is 8. The molecule has 10 heteroatoms. The molecular formula is C102H64N8S2. The molecule has 6 aromatic heterocycles. The lowest BCUT2D eigenvalue weighted by atomic mass is 9.99. The van der Waals surface area contributed by atoms with Gasteiger partial charge in [0.2, 0.25) is 5.95 Å². The van der Waals surface area contributed by atoms with Crippen molar-refractivity contribution in [3.8, 4) is 124 Å². The van der Waals surface area contributed by atoms with Crippen molar-refractivity contribution in [2.45, 2.75) is 0 Å². The SMILES string of the molecule is c1ccc(-c2ccc(-c3nc(-c4ccccc4)nc(-n4c5ccccc5c5ccc(-c6cccc7c6sc6ccc(-c8ccccc8)cc67)cc54)n3)cc2)cc1.c1ccc(-c2cccc(-c3nc(-c4ccccc4)nc(-c4ccccc4-n4c5ccccc5c5ccc(-c6cccc7c6sc6ccccc67)cc54)n3)c2)cc1. The van der Waals surface area contributed by atoms with Crippen molar-refractivity contribution in [2.75, 3.05) is 0 Å². The first-order valence-corrected chi connectivity index (χ1v) is 39.2. The lowest BCUT2D eigenvalue weighted by Gasteiger charge is -2.15. The fourth-order valence-corrected chi connectivity index (χ4v) is 18.4. The molecule has 0 unspecified atom stereocenters. The highest BCUT2D eigenvalue weighted by molar-refractivity contribution is 7.26. The number of hydrogen-bond donors (Lipinski definition) is 0. The van der Waals surface area contributed by atoms with E-state index in [4.69, 9.17) is 29.9 Å². The molecule has 0 spiro atoms. The van der Waals surface area contributed by atoms with E-state index >= 15 is 0 Å². The molecule has 0 saturated carbocycles. The van der Waals surface area contributed by atoms with E-state index in [9.17, 15) is 0 Å². The van der Waals surface area contributed by atoms with Gasteiger partial charge in [0.25, 0.3) is 0 Å². The van der Waals surface area contributed by atoms with E-state index in [1.54, 1.807) is 0 Å². The Hall–Kier alpha value is -14.4. The van der Waals surface area contributed by atoms with Crippen LogP contribution in [0.2, 0.25) is 0 Å². The molecule has 0 radical (unpaired) electrons. The number of para-hydroxylation sites is 3. The molecule has 0 aliphatic heterocycles. The maximum Gasteiger partial charge on any atom is 0.238 e. The second-order valence-corrected chi connectivity index (χ2v) is 30.1. The lowest BCUT2D eigenvalue weighted by Crippen LogP contribution is -2.06. The van der Waals surface area contributed by atoms with Crippen LogP contribution in [0.15, 0.2) is 388 Å². The minimum Gasteiger partial charge on any atom is -0.308 e. The highest BCUT2D eigenvalue weighted by Crippen LogP contribution is 2.46. The van der Waals surface area contributed by atoms with E-state index in [1.807, 2.05) is 71.2 Å². The van der Waals surface area contributed by atoms with Crippen molar-refractivity contribution in [1.29, 1.82) is 0 Å². The van der Waals surface area contributed by atoms with Crippen LogP contribution in [0.4, 0.5) is 0 Å². The van der Waals surface area contributed by atoms with Crippen LogP contribution in [0.5, 0.6) is 0 Å². The Bertz CT molecular complexity index is 7360. The minimum absolute atomic E-state index is 0.581. The van der Waals surface area contributed by atoms with Crippen LogP contribution in [0.3, 0.4) is 0 Å². The van der Waals surface area contributed by atoms with Gasteiger partial charge in [0, 0.05) is 89.7 Å². The minimum atomic E-state index is 0.581. The standard InChI is InChI=1S/2C51H32N4S/c1-4-13-33(14-5-1)35-23-25-37(26-24-35)50-52-49(36-17-8-3-9-18-36)53-51(54-50)55-45-22-11-10-19-41(45)42-29-27-39(32-46(42)55)40-20-12-21-43-44-31-38(34-15-6-2-7-16-34)28-30-47(44)56-48(40)43;1-3-15-33(16-4-1)35-19-13-20-37(31-35)50-52-49(34-17-5-2-6-18-34)53-51(54-50)43-23-8-11-27-45(43)55-44-26-10-7-21-39(44)40-30-29-36(32-46(40)55)38-24-14-25-42-41-22-9-12-28-47(41)56-48(38)42/h2*1-32H. The number of fused-ring (bicyclic) bond motifs is 12. The number of aromatic nitrogens is 8. The van der Waals surface area contributed by atoms with E-state index in [0.29, 0.717) is 35.1 Å². The Labute approximate surface area is 653 Å². The van der Waals surface area contributed by atoms with Gasteiger partial charge >= 0.3 is 0 Å². The van der Waals surface area contributed by atoms with Crippen LogP contribution in [0.25, 0.3) is 208 Å². The van der Waals surface area contributed by atoms with Crippen LogP contribution in [-0.2, 0) is 0 Å². The third-order valence-electron chi connectivity index (χ3n) is 21.4. The molecule has 0 bridgehead atoms. The summed E-state index contributed by atoms with van der Waals surface area (Å²) in [6.07, 6.45) is 0. The summed E-state index contributed by atoms with van der Waals surface area (Å²) in [5, 5.41) is 9.85. The van der Waals surface area contributed by atoms with Crippen molar-refractivity contribution in [2.24, 2.45) is 0 Å². The maximum absolute atomic E-state index is 5.25. The summed E-state index contributed by atoms with van der Waals surface area (Å²) < 4.78 is 9.77. The first-order chi connectivity index (χ1) is 55.5. The van der Waals surface area contributed by atoms with Gasteiger partial charge in [0.05, 0.1) is 27.8 Å². The number of thiophene rings is 2. The summed E-state index contributed by atoms with van der Waals surface area (Å²) in [6, 6.07) is 137. The third-order valence-corrected chi connectivity index (χ3v) is 23.8. The van der Waals surface area contributed by atoms with Crippen LogP contribution in [0, 0.1) is 0 Å². The van der Waals surface area contributed by atoms with Gasteiger partial charge in [0.15, 0.2) is 29.1 Å². The molecule has 0 N–H and O–H groups in total.